The van der Waals surface area contributed by atoms with Gasteiger partial charge in [-0.15, -0.1) is 0 Å². The summed E-state index contributed by atoms with van der Waals surface area (Å²) in [5, 5.41) is 10.6. The first-order valence-electron chi connectivity index (χ1n) is 5.54. The number of benzene rings is 2. The molecule has 0 saturated carbocycles. The van der Waals surface area contributed by atoms with Gasteiger partial charge in [-0.2, -0.15) is 0 Å². The van der Waals surface area contributed by atoms with Crippen LogP contribution in [0.1, 0.15) is 5.56 Å². The Bertz CT molecular complexity index is 621. The number of ether oxygens (including phenoxy) is 1. The zero-order valence-corrected chi connectivity index (χ0v) is 10.3. The van der Waals surface area contributed by atoms with Crippen molar-refractivity contribution in [3.8, 4) is 11.5 Å². The van der Waals surface area contributed by atoms with Gasteiger partial charge in [-0.05, 0) is 30.7 Å². The van der Waals surface area contributed by atoms with Crippen molar-refractivity contribution in [1.29, 1.82) is 0 Å². The van der Waals surface area contributed by atoms with Gasteiger partial charge in [0.1, 0.15) is 17.2 Å². The molecular weight excluding hydrogens is 246 g/mol. The van der Waals surface area contributed by atoms with Crippen LogP contribution in [0, 0.1) is 17.0 Å². The van der Waals surface area contributed by atoms with Gasteiger partial charge in [0, 0.05) is 23.9 Å². The number of nitrogens with zero attached hydrogens (tertiary/aromatic N) is 1. The van der Waals surface area contributed by atoms with Crippen LogP contribution < -0.4 is 16.2 Å². The maximum Gasteiger partial charge on any atom is 0.292 e. The standard InChI is InChI=1S/C13H13N3O3/c1-8-4-9(14)6-11(5-8)19-10-2-3-13(16(17)18)12(15)7-10/h2-7H,14-15H2,1H3. The molecule has 98 valence electrons. The quantitative estimate of drug-likeness (QED) is 0.501. The Hall–Kier alpha value is -2.76. The highest BCUT2D eigenvalue weighted by Gasteiger charge is 2.12. The maximum atomic E-state index is 10.6. The maximum absolute atomic E-state index is 10.6. The van der Waals surface area contributed by atoms with Crippen molar-refractivity contribution in [3.05, 3.63) is 52.1 Å². The van der Waals surface area contributed by atoms with Crippen LogP contribution in [-0.2, 0) is 0 Å². The third-order valence-electron chi connectivity index (χ3n) is 2.50. The number of nitro benzene ring substituents is 1. The van der Waals surface area contributed by atoms with Crippen molar-refractivity contribution in [2.75, 3.05) is 11.5 Å². The SMILES string of the molecule is Cc1cc(N)cc(Oc2ccc([N+](=O)[O-])c(N)c2)c1. The van der Waals surface area contributed by atoms with Crippen LogP contribution in [0.2, 0.25) is 0 Å². The number of hydrogen-bond donors (Lipinski definition) is 2. The fraction of sp³-hybridized carbons (Fsp3) is 0.0769. The Balaban J connectivity index is 2.28. The molecule has 6 nitrogen and oxygen atoms in total. The summed E-state index contributed by atoms with van der Waals surface area (Å²) in [5.41, 5.74) is 12.8. The number of anilines is 2. The van der Waals surface area contributed by atoms with Crippen molar-refractivity contribution < 1.29 is 9.66 Å². The number of nitrogens with two attached hydrogens (primary N) is 2. The second-order valence-corrected chi connectivity index (χ2v) is 4.16. The van der Waals surface area contributed by atoms with Gasteiger partial charge in [-0.3, -0.25) is 10.1 Å². The molecule has 2 rings (SSSR count). The smallest absolute Gasteiger partial charge is 0.292 e. The van der Waals surface area contributed by atoms with Gasteiger partial charge in [0.15, 0.2) is 0 Å². The summed E-state index contributed by atoms with van der Waals surface area (Å²) in [5.74, 6) is 0.985. The molecule has 4 N–H and O–H groups in total. The molecule has 0 amide bonds. The highest BCUT2D eigenvalue weighted by Crippen LogP contribution is 2.30. The van der Waals surface area contributed by atoms with Gasteiger partial charge in [0.25, 0.3) is 5.69 Å². The van der Waals surface area contributed by atoms with E-state index in [4.69, 9.17) is 16.2 Å². The molecule has 0 bridgehead atoms. The second-order valence-electron chi connectivity index (χ2n) is 4.16. The molecule has 0 saturated heterocycles. The largest absolute Gasteiger partial charge is 0.457 e. The van der Waals surface area contributed by atoms with Crippen molar-refractivity contribution >= 4 is 17.1 Å². The molecule has 0 spiro atoms. The highest BCUT2D eigenvalue weighted by molar-refractivity contribution is 5.61. The summed E-state index contributed by atoms with van der Waals surface area (Å²) in [6.45, 7) is 1.90. The lowest BCUT2D eigenvalue weighted by Crippen LogP contribution is -1.96. The van der Waals surface area contributed by atoms with Crippen LogP contribution in [0.15, 0.2) is 36.4 Å². The van der Waals surface area contributed by atoms with E-state index in [0.717, 1.165) is 5.56 Å². The van der Waals surface area contributed by atoms with Crippen LogP contribution in [-0.4, -0.2) is 4.92 Å². The Morgan fingerprint density at radius 3 is 2.42 bits per heavy atom. The lowest BCUT2D eigenvalue weighted by molar-refractivity contribution is -0.383. The summed E-state index contributed by atoms with van der Waals surface area (Å²) in [6, 6.07) is 9.52. The van der Waals surface area contributed by atoms with Gasteiger partial charge >= 0.3 is 0 Å². The Labute approximate surface area is 109 Å². The molecule has 0 fully saturated rings. The minimum atomic E-state index is -0.538. The lowest BCUT2D eigenvalue weighted by atomic mass is 10.2. The molecule has 2 aromatic carbocycles. The van der Waals surface area contributed by atoms with E-state index in [-0.39, 0.29) is 11.4 Å². The first-order chi connectivity index (χ1) is 8.95. The fourth-order valence-corrected chi connectivity index (χ4v) is 1.73. The minimum absolute atomic E-state index is 0.0584. The molecule has 0 aliphatic heterocycles. The van der Waals surface area contributed by atoms with Crippen molar-refractivity contribution in [2.45, 2.75) is 6.92 Å². The molecular formula is C13H13N3O3. The summed E-state index contributed by atoms with van der Waals surface area (Å²) >= 11 is 0. The molecule has 0 aromatic heterocycles. The van der Waals surface area contributed by atoms with E-state index in [1.807, 2.05) is 19.1 Å². The van der Waals surface area contributed by atoms with Crippen LogP contribution >= 0.6 is 0 Å². The predicted molar refractivity (Wildman–Crippen MR) is 73.2 cm³/mol. The van der Waals surface area contributed by atoms with E-state index in [2.05, 4.69) is 0 Å². The molecule has 6 heteroatoms. The van der Waals surface area contributed by atoms with Crippen molar-refractivity contribution in [3.63, 3.8) is 0 Å². The normalized spacial score (nSPS) is 10.2. The highest BCUT2D eigenvalue weighted by atomic mass is 16.6. The molecule has 0 aliphatic carbocycles. The third-order valence-corrected chi connectivity index (χ3v) is 2.50. The molecule has 0 unspecified atom stereocenters. The first kappa shape index (κ1) is 12.7. The average molecular weight is 259 g/mol. The average Bonchev–Trinajstić information content (AvgIpc) is 2.26. The van der Waals surface area contributed by atoms with E-state index < -0.39 is 4.92 Å². The summed E-state index contributed by atoms with van der Waals surface area (Å²) in [4.78, 5) is 10.1. The molecule has 0 radical (unpaired) electrons. The van der Waals surface area contributed by atoms with E-state index in [0.29, 0.717) is 17.2 Å². The molecule has 19 heavy (non-hydrogen) atoms. The number of nitrogen functional groups attached to an aromatic ring is 2. The fourth-order valence-electron chi connectivity index (χ4n) is 1.73. The number of rotatable bonds is 3. The first-order valence-corrected chi connectivity index (χ1v) is 5.54. The van der Waals surface area contributed by atoms with E-state index in [1.54, 1.807) is 6.07 Å². The van der Waals surface area contributed by atoms with Crippen molar-refractivity contribution in [2.24, 2.45) is 0 Å². The van der Waals surface area contributed by atoms with E-state index >= 15 is 0 Å². The summed E-state index contributed by atoms with van der Waals surface area (Å²) in [6.07, 6.45) is 0. The molecule has 0 atom stereocenters. The molecule has 2 aromatic rings. The lowest BCUT2D eigenvalue weighted by Gasteiger charge is -2.08. The monoisotopic (exact) mass is 259 g/mol. The zero-order chi connectivity index (χ0) is 14.0. The number of nitro groups is 1. The molecule has 0 aliphatic rings. The third kappa shape index (κ3) is 2.92. The van der Waals surface area contributed by atoms with Gasteiger partial charge in [-0.1, -0.05) is 0 Å². The van der Waals surface area contributed by atoms with Crippen LogP contribution in [0.3, 0.4) is 0 Å². The van der Waals surface area contributed by atoms with Gasteiger partial charge in [0.2, 0.25) is 0 Å². The Morgan fingerprint density at radius 1 is 1.11 bits per heavy atom. The van der Waals surface area contributed by atoms with Gasteiger partial charge in [0.05, 0.1) is 4.92 Å². The number of hydrogen-bond acceptors (Lipinski definition) is 5. The van der Waals surface area contributed by atoms with Crippen molar-refractivity contribution in [1.82, 2.24) is 0 Å². The van der Waals surface area contributed by atoms with Crippen LogP contribution in [0.25, 0.3) is 0 Å². The minimum Gasteiger partial charge on any atom is -0.457 e. The predicted octanol–water partition coefficient (Wildman–Crippen LogP) is 2.86. The Morgan fingerprint density at radius 2 is 1.84 bits per heavy atom. The molecule has 0 heterocycles. The van der Waals surface area contributed by atoms with Gasteiger partial charge in [-0.25, -0.2) is 0 Å². The van der Waals surface area contributed by atoms with E-state index in [9.17, 15) is 10.1 Å². The topological polar surface area (TPSA) is 104 Å². The van der Waals surface area contributed by atoms with Crippen LogP contribution in [0.5, 0.6) is 11.5 Å². The summed E-state index contributed by atoms with van der Waals surface area (Å²) < 4.78 is 5.57. The Kier molecular flexibility index (Phi) is 3.24. The van der Waals surface area contributed by atoms with E-state index in [1.165, 1.54) is 18.2 Å². The number of aryl methyl sites for hydroxylation is 1. The van der Waals surface area contributed by atoms with Gasteiger partial charge < -0.3 is 16.2 Å². The van der Waals surface area contributed by atoms with Crippen LogP contribution in [0.4, 0.5) is 17.1 Å². The zero-order valence-electron chi connectivity index (χ0n) is 10.3. The second kappa shape index (κ2) is 4.85. The summed E-state index contributed by atoms with van der Waals surface area (Å²) in [7, 11) is 0.